The van der Waals surface area contributed by atoms with Gasteiger partial charge in [-0.1, -0.05) is 0 Å². The molecule has 4 rings (SSSR count). The van der Waals surface area contributed by atoms with Gasteiger partial charge >= 0.3 is 11.9 Å². The van der Waals surface area contributed by atoms with Crippen LogP contribution in [0.2, 0.25) is 0 Å². The topological polar surface area (TPSA) is 309 Å². The molecule has 4 fully saturated rings. The molecule has 4 aliphatic heterocycles. The molecule has 4 aliphatic rings. The molecule has 48 heavy (non-hydrogen) atoms. The number of aliphatic hydroxyl groups is 9. The van der Waals surface area contributed by atoms with Gasteiger partial charge in [0, 0.05) is 7.11 Å². The lowest BCUT2D eigenvalue weighted by Crippen LogP contribution is -2.68. The maximum absolute atomic E-state index is 12.8. The van der Waals surface area contributed by atoms with Crippen LogP contribution in [-0.2, 0) is 57.0 Å². The zero-order valence-electron chi connectivity index (χ0n) is 26.5. The number of rotatable bonds is 9. The highest BCUT2D eigenvalue weighted by Gasteiger charge is 2.57. The van der Waals surface area contributed by atoms with E-state index < -0.39 is 135 Å². The molecule has 4 saturated heterocycles. The zero-order valence-corrected chi connectivity index (χ0v) is 26.5. The summed E-state index contributed by atoms with van der Waals surface area (Å²) >= 11 is 0. The van der Waals surface area contributed by atoms with E-state index in [-0.39, 0.29) is 0 Å². The lowest BCUT2D eigenvalue weighted by atomic mass is 9.95. The second kappa shape index (κ2) is 16.1. The molecule has 0 aromatic rings. The van der Waals surface area contributed by atoms with Crippen molar-refractivity contribution in [1.29, 1.82) is 0 Å². The summed E-state index contributed by atoms with van der Waals surface area (Å²) in [5, 5.41) is 95.5. The molecular formula is C27H44O21. The Kier molecular flexibility index (Phi) is 13.1. The Hall–Kier alpha value is -1.74. The number of methoxy groups -OCH3 is 3. The van der Waals surface area contributed by atoms with Crippen LogP contribution in [0, 0.1) is 0 Å². The molecule has 278 valence electrons. The fourth-order valence-electron chi connectivity index (χ4n) is 5.74. The molecule has 0 bridgehead atoms. The number of hydrogen-bond donors (Lipinski definition) is 9. The van der Waals surface area contributed by atoms with E-state index in [1.54, 1.807) is 0 Å². The van der Waals surface area contributed by atoms with Crippen LogP contribution in [0.15, 0.2) is 0 Å². The second-order valence-corrected chi connectivity index (χ2v) is 11.8. The normalized spacial score (nSPS) is 50.0. The van der Waals surface area contributed by atoms with Crippen molar-refractivity contribution in [2.45, 2.75) is 137 Å². The molecule has 0 saturated carbocycles. The van der Waals surface area contributed by atoms with Crippen LogP contribution in [0.3, 0.4) is 0 Å². The van der Waals surface area contributed by atoms with Gasteiger partial charge in [-0.3, -0.25) is 0 Å². The number of carbonyl (C=O) groups is 2. The highest BCUT2D eigenvalue weighted by molar-refractivity contribution is 5.76. The minimum atomic E-state index is -2.11. The van der Waals surface area contributed by atoms with Crippen molar-refractivity contribution < 1.29 is 103 Å². The van der Waals surface area contributed by atoms with Gasteiger partial charge in [-0.2, -0.15) is 0 Å². The van der Waals surface area contributed by atoms with Gasteiger partial charge < -0.3 is 93.3 Å². The van der Waals surface area contributed by atoms with Crippen LogP contribution >= 0.6 is 0 Å². The highest BCUT2D eigenvalue weighted by atomic mass is 16.8. The average Bonchev–Trinajstić information content (AvgIpc) is 3.07. The molecule has 4 heterocycles. The monoisotopic (exact) mass is 704 g/mol. The van der Waals surface area contributed by atoms with E-state index in [2.05, 4.69) is 0 Å². The number of hydrogen-bond acceptors (Lipinski definition) is 21. The van der Waals surface area contributed by atoms with E-state index in [1.165, 1.54) is 13.8 Å². The van der Waals surface area contributed by atoms with E-state index in [0.29, 0.717) is 0 Å². The molecular weight excluding hydrogens is 660 g/mol. The average molecular weight is 705 g/mol. The van der Waals surface area contributed by atoms with E-state index in [4.69, 9.17) is 47.4 Å². The number of ether oxygens (including phenoxy) is 10. The second-order valence-electron chi connectivity index (χ2n) is 11.8. The quantitative estimate of drug-likeness (QED) is 0.101. The molecule has 21 nitrogen and oxygen atoms in total. The van der Waals surface area contributed by atoms with Gasteiger partial charge in [0.2, 0.25) is 0 Å². The fourth-order valence-corrected chi connectivity index (χ4v) is 5.74. The van der Waals surface area contributed by atoms with Crippen molar-refractivity contribution in [2.75, 3.05) is 21.3 Å². The number of carbonyl (C=O) groups excluding carboxylic acids is 2. The van der Waals surface area contributed by atoms with Crippen molar-refractivity contribution in [3.63, 3.8) is 0 Å². The Balaban J connectivity index is 1.58. The van der Waals surface area contributed by atoms with Crippen LogP contribution in [0.25, 0.3) is 0 Å². The molecule has 9 N–H and O–H groups in total. The van der Waals surface area contributed by atoms with Gasteiger partial charge in [0.05, 0.1) is 26.4 Å². The summed E-state index contributed by atoms with van der Waals surface area (Å²) in [7, 11) is 3.12. The predicted octanol–water partition coefficient (Wildman–Crippen LogP) is -6.68. The van der Waals surface area contributed by atoms with Crippen LogP contribution in [-0.4, -0.2) is 202 Å². The van der Waals surface area contributed by atoms with E-state index in [1.807, 2.05) is 0 Å². The summed E-state index contributed by atoms with van der Waals surface area (Å²) < 4.78 is 53.5. The SMILES string of the molecule is COC(=O)[C@H]1O[C@H](O[C@H]2[C@H](O[C@@H]3[C@H](O)[C@@H](O)[C@@H](OC)O[C@@H]3C(=O)OC)O[C@@H](C)[C@H](O)[C@H]2O)[C@H](O)[C@@H](O)[C@H]1O[C@@H]1O[C@@H](C)[C@H](O)[C@@H](O)[C@H]1O. The number of esters is 2. The summed E-state index contributed by atoms with van der Waals surface area (Å²) in [5.74, 6) is -2.23. The molecule has 0 amide bonds. The zero-order chi connectivity index (χ0) is 35.8. The van der Waals surface area contributed by atoms with Crippen molar-refractivity contribution in [2.24, 2.45) is 0 Å². The lowest BCUT2D eigenvalue weighted by molar-refractivity contribution is -0.389. The molecule has 0 aromatic heterocycles. The molecule has 0 spiro atoms. The summed E-state index contributed by atoms with van der Waals surface area (Å²) in [6.45, 7) is 2.69. The van der Waals surface area contributed by atoms with E-state index in [9.17, 15) is 55.5 Å². The predicted molar refractivity (Wildman–Crippen MR) is 146 cm³/mol. The third kappa shape index (κ3) is 7.62. The van der Waals surface area contributed by atoms with Crippen LogP contribution < -0.4 is 0 Å². The molecule has 21 heteroatoms. The first-order chi connectivity index (χ1) is 22.6. The first kappa shape index (κ1) is 39.1. The Morgan fingerprint density at radius 3 is 1.29 bits per heavy atom. The highest BCUT2D eigenvalue weighted by Crippen LogP contribution is 2.35. The molecule has 0 aliphatic carbocycles. The standard InChI is InChI=1S/C27H44O21/c1-6-8(28)10(30)14(34)25(42-6)44-17-13(33)16(36)26(48-21(17)23(38)40-4)46-19-11(31)9(29)7(2)43-27(19)45-18-12(32)15(35)24(41-5)47-20(18)22(37)39-3/h6-21,24-36H,1-5H3/t6-,7-,8-,9-,10+,11+,12+,13+,14+,15+,16+,17+,18+,19+,20-,21-,24-,25-,26-,27-/m0/s1. The van der Waals surface area contributed by atoms with Crippen LogP contribution in [0.4, 0.5) is 0 Å². The minimum absolute atomic E-state index is 0.961. The molecule has 0 aromatic carbocycles. The van der Waals surface area contributed by atoms with Crippen molar-refractivity contribution in [3.05, 3.63) is 0 Å². The Morgan fingerprint density at radius 2 is 0.792 bits per heavy atom. The van der Waals surface area contributed by atoms with Crippen LogP contribution in [0.1, 0.15) is 13.8 Å². The third-order valence-corrected chi connectivity index (χ3v) is 8.65. The summed E-state index contributed by atoms with van der Waals surface area (Å²) in [6, 6.07) is 0. The summed E-state index contributed by atoms with van der Waals surface area (Å²) in [4.78, 5) is 25.3. The Morgan fingerprint density at radius 1 is 0.438 bits per heavy atom. The van der Waals surface area contributed by atoms with Crippen molar-refractivity contribution >= 4 is 11.9 Å². The Bertz CT molecular complexity index is 1080. The van der Waals surface area contributed by atoms with Gasteiger partial charge in [0.25, 0.3) is 0 Å². The largest absolute Gasteiger partial charge is 0.467 e. The summed E-state index contributed by atoms with van der Waals surface area (Å²) in [6.07, 6.45) is -34.9. The first-order valence-electron chi connectivity index (χ1n) is 15.0. The van der Waals surface area contributed by atoms with Gasteiger partial charge in [-0.15, -0.1) is 0 Å². The van der Waals surface area contributed by atoms with E-state index >= 15 is 0 Å². The molecule has 0 radical (unpaired) electrons. The Labute approximate surface area is 273 Å². The van der Waals surface area contributed by atoms with Gasteiger partial charge in [-0.25, -0.2) is 9.59 Å². The minimum Gasteiger partial charge on any atom is -0.467 e. The molecule has 0 unspecified atom stereocenters. The van der Waals surface area contributed by atoms with Crippen molar-refractivity contribution in [3.8, 4) is 0 Å². The fraction of sp³-hybridized carbons (Fsp3) is 0.926. The summed E-state index contributed by atoms with van der Waals surface area (Å²) in [5.41, 5.74) is 0. The van der Waals surface area contributed by atoms with Crippen molar-refractivity contribution in [1.82, 2.24) is 0 Å². The lowest BCUT2D eigenvalue weighted by Gasteiger charge is -2.48. The van der Waals surface area contributed by atoms with Gasteiger partial charge in [0.15, 0.2) is 37.4 Å². The van der Waals surface area contributed by atoms with Gasteiger partial charge in [0.1, 0.15) is 73.2 Å². The van der Waals surface area contributed by atoms with E-state index in [0.717, 1.165) is 21.3 Å². The number of aliphatic hydroxyl groups excluding tert-OH is 9. The van der Waals surface area contributed by atoms with Crippen LogP contribution in [0.5, 0.6) is 0 Å². The van der Waals surface area contributed by atoms with Gasteiger partial charge in [-0.05, 0) is 13.8 Å². The third-order valence-electron chi connectivity index (χ3n) is 8.65. The maximum atomic E-state index is 12.8. The molecule has 20 atom stereocenters. The smallest absolute Gasteiger partial charge is 0.337 e. The maximum Gasteiger partial charge on any atom is 0.337 e. The first-order valence-corrected chi connectivity index (χ1v) is 15.0.